The number of hydrogen-bond donors (Lipinski definition) is 0. The minimum Gasteiger partial charge on any atom is -0.497 e. The number of ether oxygens (including phenoxy) is 1. The van der Waals surface area contributed by atoms with Crippen LogP contribution in [0.25, 0.3) is 0 Å². The van der Waals surface area contributed by atoms with Gasteiger partial charge in [-0.05, 0) is 54.8 Å². The number of aryl methyl sites for hydroxylation is 1. The molecule has 1 amide bonds. The molecule has 2 aromatic rings. The summed E-state index contributed by atoms with van der Waals surface area (Å²) in [7, 11) is -2.05. The number of halogens is 2. The fourth-order valence-corrected chi connectivity index (χ4v) is 5.11. The first-order chi connectivity index (χ1) is 14.3. The number of hydrogen-bond acceptors (Lipinski definition) is 4. The molecule has 0 unspecified atom stereocenters. The smallest absolute Gasteiger partial charge is 0.243 e. The molecule has 3 rings (SSSR count). The van der Waals surface area contributed by atoms with Gasteiger partial charge in [0.05, 0.1) is 22.1 Å². The molecule has 6 nitrogen and oxygen atoms in total. The Bertz CT molecular complexity index is 989. The quantitative estimate of drug-likeness (QED) is 0.615. The van der Waals surface area contributed by atoms with E-state index in [2.05, 4.69) is 0 Å². The number of sulfonamides is 1. The Labute approximate surface area is 187 Å². The highest BCUT2D eigenvalue weighted by atomic mass is 35.5. The van der Waals surface area contributed by atoms with Gasteiger partial charge in [-0.3, -0.25) is 4.79 Å². The monoisotopic (exact) mass is 470 g/mol. The molecule has 1 heterocycles. The SMILES string of the molecule is COc1ccc(S(=O)(=O)N2CCN(C(=O)CCCc3ccc(Cl)c(Cl)c3)CC2)cc1. The van der Waals surface area contributed by atoms with Crippen molar-refractivity contribution >= 4 is 39.1 Å². The van der Waals surface area contributed by atoms with E-state index in [-0.39, 0.29) is 23.9 Å². The summed E-state index contributed by atoms with van der Waals surface area (Å²) in [5.74, 6) is 0.641. The van der Waals surface area contributed by atoms with Crippen LogP contribution < -0.4 is 4.74 Å². The fourth-order valence-electron chi connectivity index (χ4n) is 3.37. The zero-order chi connectivity index (χ0) is 21.7. The summed E-state index contributed by atoms with van der Waals surface area (Å²) in [6, 6.07) is 11.8. The van der Waals surface area contributed by atoms with Crippen LogP contribution in [0, 0.1) is 0 Å². The number of methoxy groups -OCH3 is 1. The molecule has 0 atom stereocenters. The molecular weight excluding hydrogens is 447 g/mol. The number of rotatable bonds is 7. The number of benzene rings is 2. The molecule has 9 heteroatoms. The van der Waals surface area contributed by atoms with Gasteiger partial charge in [-0.15, -0.1) is 0 Å². The first kappa shape index (κ1) is 22.9. The van der Waals surface area contributed by atoms with Crippen LogP contribution in [0.4, 0.5) is 0 Å². The maximum atomic E-state index is 12.8. The molecule has 1 saturated heterocycles. The van der Waals surface area contributed by atoms with Gasteiger partial charge in [0.2, 0.25) is 15.9 Å². The Hall–Kier alpha value is -1.80. The topological polar surface area (TPSA) is 66.9 Å². The van der Waals surface area contributed by atoms with Gasteiger partial charge in [0, 0.05) is 32.6 Å². The molecule has 1 aliphatic rings. The Kier molecular flexibility index (Phi) is 7.63. The normalized spacial score (nSPS) is 15.2. The first-order valence-electron chi connectivity index (χ1n) is 9.67. The average Bonchev–Trinajstić information content (AvgIpc) is 2.76. The van der Waals surface area contributed by atoms with Gasteiger partial charge in [-0.2, -0.15) is 4.31 Å². The summed E-state index contributed by atoms with van der Waals surface area (Å²) in [6.45, 7) is 1.35. The number of amides is 1. The third kappa shape index (κ3) is 5.46. The maximum absolute atomic E-state index is 12.8. The maximum Gasteiger partial charge on any atom is 0.243 e. The highest BCUT2D eigenvalue weighted by molar-refractivity contribution is 7.89. The Morgan fingerprint density at radius 2 is 1.67 bits per heavy atom. The van der Waals surface area contributed by atoms with Crippen molar-refractivity contribution in [3.05, 3.63) is 58.1 Å². The summed E-state index contributed by atoms with van der Waals surface area (Å²) in [5.41, 5.74) is 1.03. The molecule has 0 aromatic heterocycles. The van der Waals surface area contributed by atoms with E-state index in [1.807, 2.05) is 12.1 Å². The van der Waals surface area contributed by atoms with Crippen LogP contribution >= 0.6 is 23.2 Å². The zero-order valence-electron chi connectivity index (χ0n) is 16.7. The summed E-state index contributed by atoms with van der Waals surface area (Å²) in [4.78, 5) is 14.5. The van der Waals surface area contributed by atoms with Crippen LogP contribution in [0.5, 0.6) is 5.75 Å². The second kappa shape index (κ2) is 10.0. The molecule has 0 spiro atoms. The van der Waals surface area contributed by atoms with Crippen LogP contribution in [0.1, 0.15) is 18.4 Å². The molecule has 0 aliphatic carbocycles. The van der Waals surface area contributed by atoms with E-state index in [9.17, 15) is 13.2 Å². The Morgan fingerprint density at radius 1 is 1.00 bits per heavy atom. The molecule has 1 fully saturated rings. The second-order valence-corrected chi connectivity index (χ2v) is 9.81. The molecule has 2 aromatic carbocycles. The predicted molar refractivity (Wildman–Crippen MR) is 118 cm³/mol. The van der Waals surface area contributed by atoms with Gasteiger partial charge in [-0.1, -0.05) is 29.3 Å². The van der Waals surface area contributed by atoms with Crippen molar-refractivity contribution in [2.75, 3.05) is 33.3 Å². The molecule has 162 valence electrons. The van der Waals surface area contributed by atoms with Crippen LogP contribution in [-0.4, -0.2) is 56.8 Å². The van der Waals surface area contributed by atoms with E-state index in [1.165, 1.54) is 23.5 Å². The van der Waals surface area contributed by atoms with Crippen LogP contribution in [0.2, 0.25) is 10.0 Å². The average molecular weight is 471 g/mol. The van der Waals surface area contributed by atoms with E-state index in [1.54, 1.807) is 23.1 Å². The van der Waals surface area contributed by atoms with Crippen molar-refractivity contribution in [2.45, 2.75) is 24.2 Å². The van der Waals surface area contributed by atoms with E-state index >= 15 is 0 Å². The van der Waals surface area contributed by atoms with E-state index < -0.39 is 10.0 Å². The van der Waals surface area contributed by atoms with Gasteiger partial charge in [-0.25, -0.2) is 8.42 Å². The summed E-state index contributed by atoms with van der Waals surface area (Å²) >= 11 is 11.9. The first-order valence-corrected chi connectivity index (χ1v) is 11.9. The fraction of sp³-hybridized carbons (Fsp3) is 0.381. The highest BCUT2D eigenvalue weighted by Crippen LogP contribution is 2.24. The molecule has 0 saturated carbocycles. The number of nitrogens with zero attached hydrogens (tertiary/aromatic N) is 2. The van der Waals surface area contributed by atoms with Gasteiger partial charge in [0.15, 0.2) is 0 Å². The van der Waals surface area contributed by atoms with Gasteiger partial charge in [0.25, 0.3) is 0 Å². The largest absolute Gasteiger partial charge is 0.497 e. The van der Waals surface area contributed by atoms with Gasteiger partial charge < -0.3 is 9.64 Å². The summed E-state index contributed by atoms with van der Waals surface area (Å²) in [5, 5.41) is 1.02. The number of piperazine rings is 1. The third-order valence-corrected chi connectivity index (χ3v) is 7.78. The van der Waals surface area contributed by atoms with Crippen molar-refractivity contribution in [1.29, 1.82) is 0 Å². The van der Waals surface area contributed by atoms with Crippen molar-refractivity contribution in [3.63, 3.8) is 0 Å². The lowest BCUT2D eigenvalue weighted by Crippen LogP contribution is -2.50. The van der Waals surface area contributed by atoms with Crippen molar-refractivity contribution in [1.82, 2.24) is 9.21 Å². The molecular formula is C21H24Cl2N2O4S. The van der Waals surface area contributed by atoms with Crippen molar-refractivity contribution in [3.8, 4) is 5.75 Å². The van der Waals surface area contributed by atoms with Crippen molar-refractivity contribution in [2.24, 2.45) is 0 Å². The number of carbonyl (C=O) groups is 1. The minimum absolute atomic E-state index is 0.0385. The van der Waals surface area contributed by atoms with Crippen LogP contribution in [0.15, 0.2) is 47.4 Å². The summed E-state index contributed by atoms with van der Waals surface area (Å²) < 4.78 is 32.1. The molecule has 1 aliphatic heterocycles. The lowest BCUT2D eigenvalue weighted by Gasteiger charge is -2.34. The van der Waals surface area contributed by atoms with Crippen LogP contribution in [-0.2, 0) is 21.2 Å². The standard InChI is InChI=1S/C21H24Cl2N2O4S/c1-29-17-6-8-18(9-7-17)30(27,28)25-13-11-24(12-14-25)21(26)4-2-3-16-5-10-19(22)20(23)15-16/h5-10,15H,2-4,11-14H2,1H3. The predicted octanol–water partition coefficient (Wildman–Crippen LogP) is 3.86. The molecule has 0 radical (unpaired) electrons. The van der Waals surface area contributed by atoms with Gasteiger partial charge in [0.1, 0.15) is 5.75 Å². The van der Waals surface area contributed by atoms with Crippen molar-refractivity contribution < 1.29 is 17.9 Å². The minimum atomic E-state index is -3.58. The Morgan fingerprint density at radius 3 is 2.27 bits per heavy atom. The number of carbonyl (C=O) groups excluding carboxylic acids is 1. The van der Waals surface area contributed by atoms with E-state index in [0.29, 0.717) is 41.7 Å². The third-order valence-electron chi connectivity index (χ3n) is 5.13. The molecule has 0 bridgehead atoms. The Balaban J connectivity index is 1.49. The van der Waals surface area contributed by atoms with E-state index in [4.69, 9.17) is 27.9 Å². The highest BCUT2D eigenvalue weighted by Gasteiger charge is 2.29. The second-order valence-electron chi connectivity index (χ2n) is 7.06. The lowest BCUT2D eigenvalue weighted by molar-refractivity contribution is -0.132. The van der Waals surface area contributed by atoms with Gasteiger partial charge >= 0.3 is 0 Å². The lowest BCUT2D eigenvalue weighted by atomic mass is 10.1. The molecule has 0 N–H and O–H groups in total. The zero-order valence-corrected chi connectivity index (χ0v) is 19.0. The molecule has 30 heavy (non-hydrogen) atoms. The van der Waals surface area contributed by atoms with Crippen LogP contribution in [0.3, 0.4) is 0 Å². The summed E-state index contributed by atoms with van der Waals surface area (Å²) in [6.07, 6.45) is 1.83. The van der Waals surface area contributed by atoms with E-state index in [0.717, 1.165) is 12.0 Å².